The summed E-state index contributed by atoms with van der Waals surface area (Å²) >= 11 is 2.06. The van der Waals surface area contributed by atoms with Crippen LogP contribution in [-0.2, 0) is 6.54 Å². The van der Waals surface area contributed by atoms with Crippen LogP contribution in [0.1, 0.15) is 24.2 Å². The third kappa shape index (κ3) is 2.30. The average molecular weight is 278 g/mol. The van der Waals surface area contributed by atoms with E-state index in [9.17, 15) is 4.79 Å². The minimum atomic E-state index is 0.556. The molecule has 4 heteroatoms. The van der Waals surface area contributed by atoms with E-state index in [-0.39, 0.29) is 0 Å². The molecule has 0 unspecified atom stereocenters. The molecule has 0 aliphatic heterocycles. The molecule has 0 bridgehead atoms. The first-order valence-electron chi connectivity index (χ1n) is 3.81. The van der Waals surface area contributed by atoms with Crippen LogP contribution in [0.15, 0.2) is 6.20 Å². The Labute approximate surface area is 85.3 Å². The summed E-state index contributed by atoms with van der Waals surface area (Å²) in [6.07, 6.45) is 2.63. The standard InChI is InChI=1S/C8H11IN2O/c1-6(2)3-11-4-7(5-12)8(9)10-11/h4-6H,3H2,1-2H3. The second kappa shape index (κ2) is 4.02. The molecule has 1 aromatic rings. The SMILES string of the molecule is CC(C)Cn1cc(C=O)c(I)n1. The van der Waals surface area contributed by atoms with Crippen molar-refractivity contribution in [2.45, 2.75) is 20.4 Å². The largest absolute Gasteiger partial charge is 0.298 e. The van der Waals surface area contributed by atoms with E-state index < -0.39 is 0 Å². The molecular weight excluding hydrogens is 267 g/mol. The van der Waals surface area contributed by atoms with E-state index in [2.05, 4.69) is 41.5 Å². The van der Waals surface area contributed by atoms with Crippen LogP contribution in [0.3, 0.4) is 0 Å². The Balaban J connectivity index is 2.82. The molecular formula is C8H11IN2O. The predicted molar refractivity (Wildman–Crippen MR) is 55.2 cm³/mol. The van der Waals surface area contributed by atoms with Crippen molar-refractivity contribution in [2.75, 3.05) is 0 Å². The fourth-order valence-electron chi connectivity index (χ4n) is 0.960. The van der Waals surface area contributed by atoms with Gasteiger partial charge in [-0.05, 0) is 28.5 Å². The lowest BCUT2D eigenvalue weighted by molar-refractivity contribution is 0.112. The smallest absolute Gasteiger partial charge is 0.154 e. The predicted octanol–water partition coefficient (Wildman–Crippen LogP) is 1.96. The zero-order chi connectivity index (χ0) is 9.14. The zero-order valence-electron chi connectivity index (χ0n) is 7.12. The maximum atomic E-state index is 10.5. The van der Waals surface area contributed by atoms with E-state index in [1.54, 1.807) is 6.20 Å². The molecule has 12 heavy (non-hydrogen) atoms. The Bertz CT molecular complexity index is 281. The Morgan fingerprint density at radius 1 is 1.75 bits per heavy atom. The first kappa shape index (κ1) is 9.70. The van der Waals surface area contributed by atoms with Gasteiger partial charge in [0.25, 0.3) is 0 Å². The Kier molecular flexibility index (Phi) is 3.25. The minimum Gasteiger partial charge on any atom is -0.298 e. The Morgan fingerprint density at radius 2 is 2.42 bits per heavy atom. The molecule has 0 aromatic carbocycles. The van der Waals surface area contributed by atoms with Crippen molar-refractivity contribution in [3.63, 3.8) is 0 Å². The number of aldehydes is 1. The number of nitrogens with zero attached hydrogens (tertiary/aromatic N) is 2. The zero-order valence-corrected chi connectivity index (χ0v) is 9.28. The van der Waals surface area contributed by atoms with Gasteiger partial charge in [-0.2, -0.15) is 5.10 Å². The van der Waals surface area contributed by atoms with Gasteiger partial charge in [0.2, 0.25) is 0 Å². The minimum absolute atomic E-state index is 0.556. The lowest BCUT2D eigenvalue weighted by atomic mass is 10.2. The van der Waals surface area contributed by atoms with E-state index in [1.807, 2.05) is 4.68 Å². The van der Waals surface area contributed by atoms with Crippen molar-refractivity contribution >= 4 is 28.9 Å². The summed E-state index contributed by atoms with van der Waals surface area (Å²) in [6.45, 7) is 5.11. The van der Waals surface area contributed by atoms with Gasteiger partial charge in [0, 0.05) is 12.7 Å². The Morgan fingerprint density at radius 3 is 2.83 bits per heavy atom. The first-order valence-corrected chi connectivity index (χ1v) is 4.89. The molecule has 1 heterocycles. The fraction of sp³-hybridized carbons (Fsp3) is 0.500. The van der Waals surface area contributed by atoms with Crippen LogP contribution >= 0.6 is 22.6 Å². The molecule has 66 valence electrons. The number of carbonyl (C=O) groups is 1. The van der Waals surface area contributed by atoms with Crippen LogP contribution in [0.2, 0.25) is 0 Å². The molecule has 0 aliphatic rings. The van der Waals surface area contributed by atoms with Crippen molar-refractivity contribution in [1.29, 1.82) is 0 Å². The second-order valence-corrected chi connectivity index (χ2v) is 4.13. The molecule has 0 aliphatic carbocycles. The van der Waals surface area contributed by atoms with Gasteiger partial charge in [0.1, 0.15) is 3.70 Å². The summed E-state index contributed by atoms with van der Waals surface area (Å²) in [4.78, 5) is 10.5. The lowest BCUT2D eigenvalue weighted by Gasteiger charge is -2.02. The van der Waals surface area contributed by atoms with Gasteiger partial charge in [-0.15, -0.1) is 0 Å². The van der Waals surface area contributed by atoms with E-state index in [1.165, 1.54) is 0 Å². The number of aromatic nitrogens is 2. The van der Waals surface area contributed by atoms with Gasteiger partial charge in [-0.3, -0.25) is 9.48 Å². The van der Waals surface area contributed by atoms with Gasteiger partial charge in [-0.25, -0.2) is 0 Å². The number of halogens is 1. The van der Waals surface area contributed by atoms with Crippen LogP contribution in [-0.4, -0.2) is 16.1 Å². The van der Waals surface area contributed by atoms with Crippen LogP contribution < -0.4 is 0 Å². The summed E-state index contributed by atoms with van der Waals surface area (Å²) in [5, 5.41) is 4.19. The highest BCUT2D eigenvalue weighted by atomic mass is 127. The molecule has 0 fully saturated rings. The summed E-state index contributed by atoms with van der Waals surface area (Å²) in [6, 6.07) is 0. The summed E-state index contributed by atoms with van der Waals surface area (Å²) < 4.78 is 2.60. The normalized spacial score (nSPS) is 10.7. The third-order valence-corrected chi connectivity index (χ3v) is 2.26. The highest BCUT2D eigenvalue weighted by Crippen LogP contribution is 2.08. The van der Waals surface area contributed by atoms with Gasteiger partial charge in [0.15, 0.2) is 6.29 Å². The summed E-state index contributed by atoms with van der Waals surface area (Å²) in [5.74, 6) is 0.556. The van der Waals surface area contributed by atoms with E-state index in [0.717, 1.165) is 16.5 Å². The van der Waals surface area contributed by atoms with E-state index in [4.69, 9.17) is 0 Å². The second-order valence-electron chi connectivity index (χ2n) is 3.11. The summed E-state index contributed by atoms with van der Waals surface area (Å²) in [7, 11) is 0. The highest BCUT2D eigenvalue weighted by molar-refractivity contribution is 14.1. The van der Waals surface area contributed by atoms with Crippen LogP contribution in [0.25, 0.3) is 0 Å². The van der Waals surface area contributed by atoms with Crippen LogP contribution in [0, 0.1) is 9.62 Å². The molecule has 0 spiro atoms. The van der Waals surface area contributed by atoms with Crippen molar-refractivity contribution < 1.29 is 4.79 Å². The van der Waals surface area contributed by atoms with Crippen molar-refractivity contribution in [3.8, 4) is 0 Å². The number of carbonyl (C=O) groups excluding carboxylic acids is 1. The fourth-order valence-corrected chi connectivity index (χ4v) is 1.50. The molecule has 0 radical (unpaired) electrons. The number of hydrogen-bond donors (Lipinski definition) is 0. The third-order valence-electron chi connectivity index (χ3n) is 1.42. The van der Waals surface area contributed by atoms with Gasteiger partial charge in [0.05, 0.1) is 5.56 Å². The quantitative estimate of drug-likeness (QED) is 0.625. The maximum Gasteiger partial charge on any atom is 0.154 e. The van der Waals surface area contributed by atoms with Crippen LogP contribution in [0.5, 0.6) is 0 Å². The molecule has 3 nitrogen and oxygen atoms in total. The van der Waals surface area contributed by atoms with Crippen LogP contribution in [0.4, 0.5) is 0 Å². The monoisotopic (exact) mass is 278 g/mol. The van der Waals surface area contributed by atoms with Crippen molar-refractivity contribution in [3.05, 3.63) is 15.5 Å². The molecule has 1 aromatic heterocycles. The van der Waals surface area contributed by atoms with E-state index >= 15 is 0 Å². The highest BCUT2D eigenvalue weighted by Gasteiger charge is 2.05. The van der Waals surface area contributed by atoms with Gasteiger partial charge >= 0.3 is 0 Å². The number of hydrogen-bond acceptors (Lipinski definition) is 2. The topological polar surface area (TPSA) is 34.9 Å². The van der Waals surface area contributed by atoms with Gasteiger partial charge < -0.3 is 0 Å². The molecule has 0 N–H and O–H groups in total. The maximum absolute atomic E-state index is 10.5. The molecule has 1 rings (SSSR count). The summed E-state index contributed by atoms with van der Waals surface area (Å²) in [5.41, 5.74) is 0.677. The van der Waals surface area contributed by atoms with Gasteiger partial charge in [-0.1, -0.05) is 13.8 Å². The van der Waals surface area contributed by atoms with Crippen molar-refractivity contribution in [1.82, 2.24) is 9.78 Å². The molecule has 0 saturated carbocycles. The number of rotatable bonds is 3. The first-order chi connectivity index (χ1) is 5.63. The average Bonchev–Trinajstić information content (AvgIpc) is 2.29. The Hall–Kier alpha value is -0.390. The van der Waals surface area contributed by atoms with E-state index in [0.29, 0.717) is 11.5 Å². The molecule has 0 saturated heterocycles. The lowest BCUT2D eigenvalue weighted by Crippen LogP contribution is -2.04. The molecule has 0 atom stereocenters. The molecule has 0 amide bonds. The van der Waals surface area contributed by atoms with Crippen molar-refractivity contribution in [2.24, 2.45) is 5.92 Å².